The quantitative estimate of drug-likeness (QED) is 0.621. The van der Waals surface area contributed by atoms with Gasteiger partial charge < -0.3 is 5.32 Å². The molecule has 0 aliphatic heterocycles. The lowest BCUT2D eigenvalue weighted by Gasteiger charge is -2.17. The molecule has 1 heterocycles. The van der Waals surface area contributed by atoms with E-state index in [4.69, 9.17) is 0 Å². The van der Waals surface area contributed by atoms with Crippen molar-refractivity contribution in [3.8, 4) is 0 Å². The molecular weight excluding hydrogens is 312 g/mol. The van der Waals surface area contributed by atoms with Crippen LogP contribution in [0.3, 0.4) is 0 Å². The summed E-state index contributed by atoms with van der Waals surface area (Å²) in [6.45, 7) is 14.9. The Morgan fingerprint density at radius 2 is 1.64 bits per heavy atom. The maximum absolute atomic E-state index is 11.9. The van der Waals surface area contributed by atoms with Gasteiger partial charge in [-0.1, -0.05) is 59.6 Å². The van der Waals surface area contributed by atoms with Gasteiger partial charge >= 0.3 is 0 Å². The monoisotopic (exact) mass is 350 g/mol. The van der Waals surface area contributed by atoms with Crippen molar-refractivity contribution in [2.24, 2.45) is 10.8 Å². The van der Waals surface area contributed by atoms with Crippen LogP contribution in [0.2, 0.25) is 0 Å². The summed E-state index contributed by atoms with van der Waals surface area (Å²) in [6.07, 6.45) is 9.28. The van der Waals surface area contributed by atoms with Crippen LogP contribution in [0.15, 0.2) is 6.20 Å². The Morgan fingerprint density at radius 1 is 1.00 bits per heavy atom. The van der Waals surface area contributed by atoms with E-state index in [1.54, 1.807) is 0 Å². The third kappa shape index (κ3) is 11.7. The van der Waals surface area contributed by atoms with E-state index in [1.165, 1.54) is 12.8 Å². The first-order valence-electron chi connectivity index (χ1n) is 9.71. The normalized spacial score (nSPS) is 12.4. The fourth-order valence-corrected chi connectivity index (χ4v) is 2.70. The van der Waals surface area contributed by atoms with Gasteiger partial charge in [-0.15, -0.1) is 5.10 Å². The highest BCUT2D eigenvalue weighted by Gasteiger charge is 2.11. The van der Waals surface area contributed by atoms with Crippen molar-refractivity contribution in [2.45, 2.75) is 99.6 Å². The van der Waals surface area contributed by atoms with Crippen molar-refractivity contribution in [1.29, 1.82) is 0 Å². The molecule has 0 saturated heterocycles. The number of hydrogen-bond donors (Lipinski definition) is 1. The van der Waals surface area contributed by atoms with Crippen molar-refractivity contribution in [3.63, 3.8) is 0 Å². The van der Waals surface area contributed by atoms with Gasteiger partial charge in [-0.05, 0) is 36.5 Å². The smallest absolute Gasteiger partial charge is 0.220 e. The molecule has 0 saturated carbocycles. The number of hydrogen-bond acceptors (Lipinski definition) is 3. The Morgan fingerprint density at radius 3 is 2.28 bits per heavy atom. The van der Waals surface area contributed by atoms with Gasteiger partial charge in [-0.2, -0.15) is 0 Å². The number of nitrogens with one attached hydrogen (secondary N) is 1. The number of unbranched alkanes of at least 4 members (excludes halogenated alkanes) is 2. The Bertz CT molecular complexity index is 509. The number of aromatic nitrogens is 3. The van der Waals surface area contributed by atoms with Crippen LogP contribution in [0.4, 0.5) is 0 Å². The highest BCUT2D eigenvalue weighted by atomic mass is 16.1. The molecule has 0 spiro atoms. The van der Waals surface area contributed by atoms with Gasteiger partial charge in [0, 0.05) is 13.0 Å². The minimum atomic E-state index is 0.109. The fourth-order valence-electron chi connectivity index (χ4n) is 2.70. The van der Waals surface area contributed by atoms with Crippen molar-refractivity contribution in [1.82, 2.24) is 20.3 Å². The van der Waals surface area contributed by atoms with E-state index in [0.717, 1.165) is 37.9 Å². The SMILES string of the molecule is CC(C)(C)CCCCCC(=O)NCc1cn(CCCC(C)(C)C)nn1. The van der Waals surface area contributed by atoms with E-state index >= 15 is 0 Å². The lowest BCUT2D eigenvalue weighted by Crippen LogP contribution is -2.22. The van der Waals surface area contributed by atoms with E-state index in [9.17, 15) is 4.79 Å². The van der Waals surface area contributed by atoms with Gasteiger partial charge in [0.15, 0.2) is 0 Å². The molecule has 0 bridgehead atoms. The number of rotatable bonds is 10. The molecule has 1 aromatic rings. The summed E-state index contributed by atoms with van der Waals surface area (Å²) in [4.78, 5) is 11.9. The third-order valence-electron chi connectivity index (χ3n) is 4.20. The lowest BCUT2D eigenvalue weighted by atomic mass is 9.89. The number of aryl methyl sites for hydroxylation is 1. The summed E-state index contributed by atoms with van der Waals surface area (Å²) in [5.74, 6) is 0.109. The Hall–Kier alpha value is -1.39. The first-order chi connectivity index (χ1) is 11.6. The van der Waals surface area contributed by atoms with E-state index in [2.05, 4.69) is 57.2 Å². The van der Waals surface area contributed by atoms with Crippen LogP contribution in [0, 0.1) is 10.8 Å². The average Bonchev–Trinajstić information content (AvgIpc) is 2.90. The lowest BCUT2D eigenvalue weighted by molar-refractivity contribution is -0.121. The number of carbonyl (C=O) groups excluding carboxylic acids is 1. The molecule has 0 aliphatic rings. The molecule has 1 aromatic heterocycles. The van der Waals surface area contributed by atoms with Crippen molar-refractivity contribution < 1.29 is 4.79 Å². The van der Waals surface area contributed by atoms with Crippen LogP contribution in [-0.4, -0.2) is 20.9 Å². The van der Waals surface area contributed by atoms with Crippen molar-refractivity contribution >= 4 is 5.91 Å². The number of nitrogens with zero attached hydrogens (tertiary/aromatic N) is 3. The fraction of sp³-hybridized carbons (Fsp3) is 0.850. The summed E-state index contributed by atoms with van der Waals surface area (Å²) < 4.78 is 1.87. The van der Waals surface area contributed by atoms with E-state index < -0.39 is 0 Å². The topological polar surface area (TPSA) is 59.8 Å². The molecule has 1 N–H and O–H groups in total. The highest BCUT2D eigenvalue weighted by Crippen LogP contribution is 2.22. The molecular formula is C20H38N4O. The summed E-state index contributed by atoms with van der Waals surface area (Å²) >= 11 is 0. The molecule has 0 unspecified atom stereocenters. The zero-order valence-electron chi connectivity index (χ0n) is 17.2. The van der Waals surface area contributed by atoms with Crippen LogP contribution in [0.5, 0.6) is 0 Å². The first kappa shape index (κ1) is 21.7. The maximum Gasteiger partial charge on any atom is 0.220 e. The molecule has 0 fully saturated rings. The second-order valence-corrected chi connectivity index (χ2v) is 9.54. The van der Waals surface area contributed by atoms with Crippen LogP contribution < -0.4 is 5.32 Å². The van der Waals surface area contributed by atoms with Gasteiger partial charge in [-0.3, -0.25) is 9.48 Å². The number of carbonyl (C=O) groups is 1. The van der Waals surface area contributed by atoms with Crippen molar-refractivity contribution in [2.75, 3.05) is 0 Å². The molecule has 1 rings (SSSR count). The largest absolute Gasteiger partial charge is 0.350 e. The van der Waals surface area contributed by atoms with Crippen LogP contribution >= 0.6 is 0 Å². The standard InChI is InChI=1S/C20H38N4O/c1-19(2,3)12-9-7-8-11-18(25)21-15-17-16-24(23-22-17)14-10-13-20(4,5)6/h16H,7-15H2,1-6H3,(H,21,25). The Labute approximate surface area is 154 Å². The zero-order chi connectivity index (χ0) is 18.9. The van der Waals surface area contributed by atoms with Gasteiger partial charge in [0.25, 0.3) is 0 Å². The van der Waals surface area contributed by atoms with Gasteiger partial charge in [0.1, 0.15) is 5.69 Å². The second kappa shape index (κ2) is 9.93. The molecule has 5 heteroatoms. The molecule has 1 amide bonds. The summed E-state index contributed by atoms with van der Waals surface area (Å²) in [7, 11) is 0. The van der Waals surface area contributed by atoms with E-state index in [0.29, 0.717) is 23.8 Å². The van der Waals surface area contributed by atoms with Crippen molar-refractivity contribution in [3.05, 3.63) is 11.9 Å². The zero-order valence-corrected chi connectivity index (χ0v) is 17.2. The maximum atomic E-state index is 11.9. The predicted octanol–water partition coefficient (Wildman–Crippen LogP) is 4.72. The predicted molar refractivity (Wildman–Crippen MR) is 103 cm³/mol. The minimum Gasteiger partial charge on any atom is -0.350 e. The summed E-state index contributed by atoms with van der Waals surface area (Å²) in [5, 5.41) is 11.2. The molecule has 0 aromatic carbocycles. The van der Waals surface area contributed by atoms with Crippen LogP contribution in [0.1, 0.15) is 92.2 Å². The first-order valence-corrected chi connectivity index (χ1v) is 9.71. The Balaban J connectivity index is 2.15. The van der Waals surface area contributed by atoms with Gasteiger partial charge in [-0.25, -0.2) is 0 Å². The Kier molecular flexibility index (Phi) is 8.60. The third-order valence-corrected chi connectivity index (χ3v) is 4.20. The van der Waals surface area contributed by atoms with E-state index in [1.807, 2.05) is 10.9 Å². The molecule has 144 valence electrons. The van der Waals surface area contributed by atoms with Crippen LogP contribution in [0.25, 0.3) is 0 Å². The minimum absolute atomic E-state index is 0.109. The van der Waals surface area contributed by atoms with Crippen LogP contribution in [-0.2, 0) is 17.9 Å². The number of amides is 1. The molecule has 25 heavy (non-hydrogen) atoms. The highest BCUT2D eigenvalue weighted by molar-refractivity contribution is 5.75. The second-order valence-electron chi connectivity index (χ2n) is 9.54. The van der Waals surface area contributed by atoms with E-state index in [-0.39, 0.29) is 5.91 Å². The van der Waals surface area contributed by atoms with Gasteiger partial charge in [0.05, 0.1) is 12.7 Å². The molecule has 0 radical (unpaired) electrons. The van der Waals surface area contributed by atoms with Gasteiger partial charge in [0.2, 0.25) is 5.91 Å². The molecule has 0 atom stereocenters. The molecule has 5 nitrogen and oxygen atoms in total. The summed E-state index contributed by atoms with van der Waals surface area (Å²) in [5.41, 5.74) is 1.57. The summed E-state index contributed by atoms with van der Waals surface area (Å²) in [6, 6.07) is 0. The average molecular weight is 351 g/mol. The molecule has 0 aliphatic carbocycles.